The number of fused-ring (bicyclic) bond motifs is 7. The van der Waals surface area contributed by atoms with E-state index < -0.39 is 0 Å². The number of hydrogen-bond acceptors (Lipinski definition) is 3. The molecule has 6 aromatic carbocycles. The van der Waals surface area contributed by atoms with E-state index in [0.717, 1.165) is 50.6 Å². The summed E-state index contributed by atoms with van der Waals surface area (Å²) in [7, 11) is 0. The van der Waals surface area contributed by atoms with Crippen LogP contribution in [0.1, 0.15) is 0 Å². The SMILES string of the molecule is c1ccc(-c2cc(-c3ccccc3)nc(-c3cccc(-n4c5ccccc5c5ccc6c7ccccc7n(-c7ccccc7)c6c54)n3)n2)cc1. The zero-order chi connectivity index (χ0) is 33.0. The normalized spacial score (nSPS) is 11.6. The van der Waals surface area contributed by atoms with Crippen LogP contribution in [0.25, 0.3) is 89.2 Å². The monoisotopic (exact) mass is 639 g/mol. The van der Waals surface area contributed by atoms with Crippen LogP contribution in [0.15, 0.2) is 176 Å². The van der Waals surface area contributed by atoms with Gasteiger partial charge in [0.05, 0.1) is 33.5 Å². The lowest BCUT2D eigenvalue weighted by Gasteiger charge is -2.13. The van der Waals surface area contributed by atoms with Crippen molar-refractivity contribution in [2.24, 2.45) is 0 Å². The number of hydrogen-bond donors (Lipinski definition) is 0. The summed E-state index contributed by atoms with van der Waals surface area (Å²) in [6.07, 6.45) is 0. The van der Waals surface area contributed by atoms with Gasteiger partial charge < -0.3 is 4.57 Å². The summed E-state index contributed by atoms with van der Waals surface area (Å²) in [5, 5.41) is 4.76. The van der Waals surface area contributed by atoms with Crippen molar-refractivity contribution in [1.82, 2.24) is 24.1 Å². The van der Waals surface area contributed by atoms with Gasteiger partial charge in [-0.05, 0) is 42.5 Å². The van der Waals surface area contributed by atoms with Crippen molar-refractivity contribution in [2.75, 3.05) is 0 Å². The number of para-hydroxylation sites is 3. The molecule has 0 aliphatic heterocycles. The van der Waals surface area contributed by atoms with E-state index in [2.05, 4.69) is 143 Å². The van der Waals surface area contributed by atoms with E-state index in [9.17, 15) is 0 Å². The molecule has 5 heteroatoms. The maximum absolute atomic E-state index is 5.35. The number of nitrogens with zero attached hydrogens (tertiary/aromatic N) is 5. The van der Waals surface area contributed by atoms with E-state index in [-0.39, 0.29) is 0 Å². The summed E-state index contributed by atoms with van der Waals surface area (Å²) in [6.45, 7) is 0. The lowest BCUT2D eigenvalue weighted by molar-refractivity contribution is 1.06. The zero-order valence-corrected chi connectivity index (χ0v) is 27.0. The predicted octanol–water partition coefficient (Wildman–Crippen LogP) is 11.1. The average Bonchev–Trinajstić information content (AvgIpc) is 3.72. The van der Waals surface area contributed by atoms with Crippen molar-refractivity contribution in [2.45, 2.75) is 0 Å². The van der Waals surface area contributed by atoms with Gasteiger partial charge >= 0.3 is 0 Å². The molecule has 5 nitrogen and oxygen atoms in total. The van der Waals surface area contributed by atoms with Crippen LogP contribution >= 0.6 is 0 Å². The van der Waals surface area contributed by atoms with Crippen molar-refractivity contribution in [3.63, 3.8) is 0 Å². The zero-order valence-electron chi connectivity index (χ0n) is 27.0. The third-order valence-corrected chi connectivity index (χ3v) is 9.54. The highest BCUT2D eigenvalue weighted by Crippen LogP contribution is 2.41. The molecular formula is C45H29N5. The van der Waals surface area contributed by atoms with Gasteiger partial charge in [0.25, 0.3) is 0 Å². The fourth-order valence-electron chi connectivity index (χ4n) is 7.33. The highest BCUT2D eigenvalue weighted by molar-refractivity contribution is 6.23. The first kappa shape index (κ1) is 28.2. The molecule has 0 spiro atoms. The van der Waals surface area contributed by atoms with Gasteiger partial charge in [0.1, 0.15) is 11.5 Å². The molecule has 4 heterocycles. The second kappa shape index (κ2) is 11.4. The molecule has 0 aliphatic rings. The maximum atomic E-state index is 5.35. The minimum Gasteiger partial charge on any atom is -0.307 e. The Balaban J connectivity index is 1.27. The molecule has 0 bridgehead atoms. The molecule has 0 N–H and O–H groups in total. The summed E-state index contributed by atoms with van der Waals surface area (Å²) in [5.41, 5.74) is 10.1. The van der Waals surface area contributed by atoms with Crippen LogP contribution in [0.2, 0.25) is 0 Å². The fourth-order valence-corrected chi connectivity index (χ4v) is 7.33. The average molecular weight is 640 g/mol. The molecule has 10 rings (SSSR count). The Morgan fingerprint density at radius 1 is 0.340 bits per heavy atom. The van der Waals surface area contributed by atoms with E-state index in [4.69, 9.17) is 15.0 Å². The van der Waals surface area contributed by atoms with Gasteiger partial charge in [0.2, 0.25) is 0 Å². The van der Waals surface area contributed by atoms with Gasteiger partial charge in [-0.2, -0.15) is 0 Å². The molecule has 0 fully saturated rings. The Hall–Kier alpha value is -6.85. The standard InChI is InChI=1S/C45H29N5/c1-4-15-30(16-5-1)38-29-39(31-17-6-2-7-18-31)48-45(47-38)37-23-14-26-42(46-37)50-41-25-13-11-22-34(41)36-28-27-35-33-21-10-12-24-40(33)49(43(35)44(36)50)32-19-8-3-9-20-32/h1-29H. The van der Waals surface area contributed by atoms with Gasteiger partial charge in [-0.3, -0.25) is 4.57 Å². The minimum absolute atomic E-state index is 0.580. The van der Waals surface area contributed by atoms with Gasteiger partial charge in [0.15, 0.2) is 5.82 Å². The van der Waals surface area contributed by atoms with Crippen LogP contribution in [0.3, 0.4) is 0 Å². The smallest absolute Gasteiger partial charge is 0.179 e. The Kier molecular flexibility index (Phi) is 6.42. The number of pyridine rings is 1. The molecule has 0 saturated carbocycles. The third kappa shape index (κ3) is 4.45. The van der Waals surface area contributed by atoms with Crippen LogP contribution in [-0.4, -0.2) is 24.1 Å². The maximum Gasteiger partial charge on any atom is 0.179 e. The lowest BCUT2D eigenvalue weighted by Crippen LogP contribution is -2.03. The highest BCUT2D eigenvalue weighted by atomic mass is 15.1. The summed E-state index contributed by atoms with van der Waals surface area (Å²) in [4.78, 5) is 15.5. The van der Waals surface area contributed by atoms with Crippen molar-refractivity contribution in [3.8, 4) is 45.5 Å². The quantitative estimate of drug-likeness (QED) is 0.188. The first-order chi connectivity index (χ1) is 24.8. The van der Waals surface area contributed by atoms with E-state index in [1.165, 1.54) is 27.1 Å². The Labute approximate surface area is 288 Å². The van der Waals surface area contributed by atoms with Gasteiger partial charge in [-0.25, -0.2) is 15.0 Å². The second-order valence-corrected chi connectivity index (χ2v) is 12.5. The molecule has 234 valence electrons. The number of rotatable bonds is 5. The van der Waals surface area contributed by atoms with Crippen molar-refractivity contribution in [1.29, 1.82) is 0 Å². The number of aromatic nitrogens is 5. The van der Waals surface area contributed by atoms with Gasteiger partial charge in [-0.1, -0.05) is 133 Å². The van der Waals surface area contributed by atoms with Crippen LogP contribution in [-0.2, 0) is 0 Å². The van der Waals surface area contributed by atoms with Gasteiger partial charge in [0, 0.05) is 38.4 Å². The topological polar surface area (TPSA) is 48.5 Å². The van der Waals surface area contributed by atoms with Crippen molar-refractivity contribution < 1.29 is 0 Å². The summed E-state index contributed by atoms with van der Waals surface area (Å²) >= 11 is 0. The van der Waals surface area contributed by atoms with Crippen molar-refractivity contribution in [3.05, 3.63) is 176 Å². The molecule has 10 aromatic rings. The molecule has 0 amide bonds. The third-order valence-electron chi connectivity index (χ3n) is 9.54. The van der Waals surface area contributed by atoms with E-state index in [0.29, 0.717) is 11.5 Å². The second-order valence-electron chi connectivity index (χ2n) is 12.5. The molecule has 0 unspecified atom stereocenters. The van der Waals surface area contributed by atoms with Crippen LogP contribution < -0.4 is 0 Å². The summed E-state index contributed by atoms with van der Waals surface area (Å²) in [6, 6.07) is 61.2. The van der Waals surface area contributed by atoms with E-state index in [1.54, 1.807) is 0 Å². The molecule has 0 aliphatic carbocycles. The Morgan fingerprint density at radius 2 is 0.840 bits per heavy atom. The largest absolute Gasteiger partial charge is 0.307 e. The molecular weight excluding hydrogens is 611 g/mol. The van der Waals surface area contributed by atoms with Gasteiger partial charge in [-0.15, -0.1) is 0 Å². The Morgan fingerprint density at radius 3 is 1.44 bits per heavy atom. The minimum atomic E-state index is 0.580. The first-order valence-corrected chi connectivity index (χ1v) is 16.8. The molecule has 50 heavy (non-hydrogen) atoms. The highest BCUT2D eigenvalue weighted by Gasteiger charge is 2.22. The lowest BCUT2D eigenvalue weighted by atomic mass is 10.1. The van der Waals surface area contributed by atoms with E-state index in [1.807, 2.05) is 42.5 Å². The number of benzene rings is 6. The predicted molar refractivity (Wildman–Crippen MR) is 205 cm³/mol. The van der Waals surface area contributed by atoms with Crippen molar-refractivity contribution >= 4 is 43.6 Å². The molecule has 0 atom stereocenters. The van der Waals surface area contributed by atoms with Crippen LogP contribution in [0.5, 0.6) is 0 Å². The van der Waals surface area contributed by atoms with E-state index >= 15 is 0 Å². The first-order valence-electron chi connectivity index (χ1n) is 16.8. The summed E-state index contributed by atoms with van der Waals surface area (Å²) < 4.78 is 4.71. The van der Waals surface area contributed by atoms with Crippen LogP contribution in [0, 0.1) is 0 Å². The summed E-state index contributed by atoms with van der Waals surface area (Å²) in [5.74, 6) is 1.39. The molecule has 4 aromatic heterocycles. The molecule has 0 radical (unpaired) electrons. The molecule has 0 saturated heterocycles. The Bertz CT molecular complexity index is 2800. The van der Waals surface area contributed by atoms with Crippen LogP contribution in [0.4, 0.5) is 0 Å². The fraction of sp³-hybridized carbons (Fsp3) is 0.